The molecule has 8 heteroatoms. The number of hydrogen-bond donors (Lipinski definition) is 4. The van der Waals surface area contributed by atoms with Crippen LogP contribution >= 0.6 is 0 Å². The second-order valence-corrected chi connectivity index (χ2v) is 5.67. The van der Waals surface area contributed by atoms with Crippen LogP contribution in [0.25, 0.3) is 0 Å². The van der Waals surface area contributed by atoms with Crippen molar-refractivity contribution in [2.45, 2.75) is 70.3 Å². The molecule has 23 heavy (non-hydrogen) atoms. The van der Waals surface area contributed by atoms with Crippen molar-refractivity contribution in [3.05, 3.63) is 0 Å². The number of carboxylic acids is 1. The van der Waals surface area contributed by atoms with Crippen LogP contribution in [0, 0.1) is 0 Å². The van der Waals surface area contributed by atoms with Gasteiger partial charge in [0, 0.05) is 13.0 Å². The molecule has 0 aliphatic heterocycles. The predicted molar refractivity (Wildman–Crippen MR) is 86.8 cm³/mol. The molecule has 0 saturated heterocycles. The van der Waals surface area contributed by atoms with Gasteiger partial charge in [-0.1, -0.05) is 44.9 Å². The van der Waals surface area contributed by atoms with E-state index in [-0.39, 0.29) is 13.0 Å². The molecule has 1 unspecified atom stereocenters. The molecular weight excluding hydrogens is 303 g/mol. The summed E-state index contributed by atoms with van der Waals surface area (Å²) in [5, 5.41) is 35.4. The van der Waals surface area contributed by atoms with Crippen molar-refractivity contribution in [3.8, 4) is 0 Å². The molecule has 0 rings (SSSR count). The summed E-state index contributed by atoms with van der Waals surface area (Å²) >= 11 is 0. The van der Waals surface area contributed by atoms with Crippen molar-refractivity contribution in [2.75, 3.05) is 19.8 Å². The zero-order chi connectivity index (χ0) is 17.3. The Balaban J connectivity index is 3.17. The van der Waals surface area contributed by atoms with Gasteiger partial charge < -0.3 is 29.7 Å². The SMILES string of the molecule is O=C(O)CCCCCCCCCCCOB(O)OCC(O)CO. The minimum absolute atomic E-state index is 0.163. The van der Waals surface area contributed by atoms with Crippen LogP contribution in [-0.2, 0) is 14.1 Å². The van der Waals surface area contributed by atoms with Crippen LogP contribution in [0.4, 0.5) is 0 Å². The molecule has 0 aromatic carbocycles. The number of carbonyl (C=O) groups is 1. The summed E-state index contributed by atoms with van der Waals surface area (Å²) in [6.45, 7) is -0.179. The van der Waals surface area contributed by atoms with Gasteiger partial charge in [0.25, 0.3) is 0 Å². The van der Waals surface area contributed by atoms with Crippen molar-refractivity contribution in [1.82, 2.24) is 0 Å². The number of unbranched alkanes of at least 4 members (excludes halogenated alkanes) is 8. The van der Waals surface area contributed by atoms with Gasteiger partial charge in [0.05, 0.1) is 19.3 Å². The number of aliphatic hydroxyl groups excluding tert-OH is 2. The highest BCUT2D eigenvalue weighted by Gasteiger charge is 2.16. The zero-order valence-corrected chi connectivity index (χ0v) is 13.9. The highest BCUT2D eigenvalue weighted by Crippen LogP contribution is 2.10. The molecule has 0 aliphatic carbocycles. The molecule has 0 spiro atoms. The molecular formula is C15H31BO7. The fraction of sp³-hybridized carbons (Fsp3) is 0.933. The number of rotatable bonds is 17. The molecule has 0 aromatic heterocycles. The first kappa shape index (κ1) is 22.3. The lowest BCUT2D eigenvalue weighted by Gasteiger charge is -2.11. The van der Waals surface area contributed by atoms with Crippen LogP contribution in [0.15, 0.2) is 0 Å². The quantitative estimate of drug-likeness (QED) is 0.234. The van der Waals surface area contributed by atoms with E-state index < -0.39 is 26.0 Å². The molecule has 136 valence electrons. The van der Waals surface area contributed by atoms with Gasteiger partial charge in [-0.25, -0.2) is 0 Å². The molecule has 0 amide bonds. The van der Waals surface area contributed by atoms with Gasteiger partial charge in [0.1, 0.15) is 0 Å². The third-order valence-electron chi connectivity index (χ3n) is 3.44. The van der Waals surface area contributed by atoms with Gasteiger partial charge in [-0.05, 0) is 12.8 Å². The largest absolute Gasteiger partial charge is 0.636 e. The molecule has 0 saturated carbocycles. The van der Waals surface area contributed by atoms with Crippen LogP contribution in [0.1, 0.15) is 64.2 Å². The van der Waals surface area contributed by atoms with Crippen molar-refractivity contribution in [2.24, 2.45) is 0 Å². The fourth-order valence-corrected chi connectivity index (χ4v) is 2.09. The van der Waals surface area contributed by atoms with E-state index in [9.17, 15) is 9.82 Å². The van der Waals surface area contributed by atoms with Gasteiger partial charge in [0.15, 0.2) is 0 Å². The summed E-state index contributed by atoms with van der Waals surface area (Å²) in [5.41, 5.74) is 0. The minimum atomic E-state index is -1.36. The van der Waals surface area contributed by atoms with Gasteiger partial charge in [-0.2, -0.15) is 0 Å². The smallest absolute Gasteiger partial charge is 0.481 e. The van der Waals surface area contributed by atoms with E-state index in [0.717, 1.165) is 51.4 Å². The van der Waals surface area contributed by atoms with Crippen LogP contribution in [0.5, 0.6) is 0 Å². The first-order valence-corrected chi connectivity index (χ1v) is 8.48. The van der Waals surface area contributed by atoms with E-state index in [1.165, 1.54) is 6.42 Å². The van der Waals surface area contributed by atoms with Crippen molar-refractivity contribution >= 4 is 13.3 Å². The Morgan fingerprint density at radius 3 is 1.96 bits per heavy atom. The lowest BCUT2D eigenvalue weighted by atomic mass is 10.1. The van der Waals surface area contributed by atoms with E-state index in [2.05, 4.69) is 0 Å². The molecule has 0 aromatic rings. The molecule has 0 aliphatic rings. The number of hydrogen-bond acceptors (Lipinski definition) is 6. The van der Waals surface area contributed by atoms with E-state index in [0.29, 0.717) is 6.61 Å². The molecule has 0 radical (unpaired) electrons. The second kappa shape index (κ2) is 16.2. The third kappa shape index (κ3) is 17.5. The predicted octanol–water partition coefficient (Wildman–Crippen LogP) is 1.34. The van der Waals surface area contributed by atoms with Crippen molar-refractivity contribution in [3.63, 3.8) is 0 Å². The van der Waals surface area contributed by atoms with Gasteiger partial charge in [-0.3, -0.25) is 4.79 Å². The molecule has 4 N–H and O–H groups in total. The Kier molecular flexibility index (Phi) is 15.7. The van der Waals surface area contributed by atoms with Gasteiger partial charge >= 0.3 is 13.3 Å². The lowest BCUT2D eigenvalue weighted by Crippen LogP contribution is -2.29. The van der Waals surface area contributed by atoms with Crippen LogP contribution < -0.4 is 0 Å². The number of aliphatic carboxylic acids is 1. The fourth-order valence-electron chi connectivity index (χ4n) is 2.09. The molecule has 0 bridgehead atoms. The van der Waals surface area contributed by atoms with E-state index >= 15 is 0 Å². The summed E-state index contributed by atoms with van der Waals surface area (Å²) in [4.78, 5) is 10.3. The maximum atomic E-state index is 10.3. The summed E-state index contributed by atoms with van der Waals surface area (Å²) in [6, 6.07) is 0. The Bertz CT molecular complexity index is 279. The maximum absolute atomic E-state index is 10.3. The Morgan fingerprint density at radius 2 is 1.43 bits per heavy atom. The third-order valence-corrected chi connectivity index (χ3v) is 3.44. The van der Waals surface area contributed by atoms with Gasteiger partial charge in [-0.15, -0.1) is 0 Å². The minimum Gasteiger partial charge on any atom is -0.481 e. The summed E-state index contributed by atoms with van der Waals surface area (Å²) < 4.78 is 9.81. The normalized spacial score (nSPS) is 12.3. The Hall–Kier alpha value is -0.665. The van der Waals surface area contributed by atoms with Crippen molar-refractivity contribution in [1.29, 1.82) is 0 Å². The summed E-state index contributed by atoms with van der Waals surface area (Å²) in [6.07, 6.45) is 8.56. The molecule has 0 heterocycles. The maximum Gasteiger partial charge on any atom is 0.636 e. The van der Waals surface area contributed by atoms with E-state index in [4.69, 9.17) is 24.6 Å². The first-order valence-electron chi connectivity index (χ1n) is 8.48. The Labute approximate surface area is 138 Å². The van der Waals surface area contributed by atoms with Crippen molar-refractivity contribution < 1.29 is 34.4 Å². The summed E-state index contributed by atoms with van der Waals surface area (Å²) in [5.74, 6) is -0.715. The van der Waals surface area contributed by atoms with E-state index in [1.54, 1.807) is 0 Å². The summed E-state index contributed by atoms with van der Waals surface area (Å²) in [7, 11) is -1.36. The first-order chi connectivity index (χ1) is 11.1. The number of aliphatic hydroxyl groups is 2. The number of carboxylic acid groups (broad SMARTS) is 1. The highest BCUT2D eigenvalue weighted by molar-refractivity contribution is 6.34. The average Bonchev–Trinajstić information content (AvgIpc) is 2.53. The lowest BCUT2D eigenvalue weighted by molar-refractivity contribution is -0.137. The molecule has 0 fully saturated rings. The molecule has 7 nitrogen and oxygen atoms in total. The Morgan fingerprint density at radius 1 is 0.913 bits per heavy atom. The van der Waals surface area contributed by atoms with Gasteiger partial charge in [0.2, 0.25) is 0 Å². The standard InChI is InChI=1S/C15H31BO7/c17-12-14(18)13-23-16(21)22-11-9-7-5-3-1-2-4-6-8-10-15(19)20/h14,17-18,21H,1-13H2,(H,19,20). The average molecular weight is 334 g/mol. The second-order valence-electron chi connectivity index (χ2n) is 5.67. The highest BCUT2D eigenvalue weighted by atomic mass is 16.7. The van der Waals surface area contributed by atoms with Crippen LogP contribution in [-0.4, -0.2) is 59.6 Å². The monoisotopic (exact) mass is 334 g/mol. The molecule has 1 atom stereocenters. The van der Waals surface area contributed by atoms with E-state index in [1.807, 2.05) is 0 Å². The topological polar surface area (TPSA) is 116 Å². The zero-order valence-electron chi connectivity index (χ0n) is 13.9. The van der Waals surface area contributed by atoms with Crippen LogP contribution in [0.3, 0.4) is 0 Å². The van der Waals surface area contributed by atoms with Crippen LogP contribution in [0.2, 0.25) is 0 Å².